The quantitative estimate of drug-likeness (QED) is 0.899. The minimum absolute atomic E-state index is 0.0813. The van der Waals surface area contributed by atoms with Crippen molar-refractivity contribution >= 4 is 0 Å². The van der Waals surface area contributed by atoms with Gasteiger partial charge in [0, 0.05) is 17.2 Å². The van der Waals surface area contributed by atoms with Crippen LogP contribution in [0.2, 0.25) is 0 Å². The molecular formula is C16H25NO3. The van der Waals surface area contributed by atoms with Gasteiger partial charge >= 0.3 is 0 Å². The standard InChI is InChI=1S/C16H25NO3/c1-11(2)20-15-10-13(18-3)12(9-14(15)19-4)16(17)7-5-6-8-16/h9-11H,5-8,17H2,1-4H3. The summed E-state index contributed by atoms with van der Waals surface area (Å²) in [5.74, 6) is 2.20. The number of hydrogen-bond acceptors (Lipinski definition) is 4. The molecule has 0 aromatic heterocycles. The van der Waals surface area contributed by atoms with Gasteiger partial charge < -0.3 is 19.9 Å². The molecule has 1 aromatic rings. The predicted molar refractivity (Wildman–Crippen MR) is 79.6 cm³/mol. The molecule has 4 nitrogen and oxygen atoms in total. The van der Waals surface area contributed by atoms with E-state index in [0.29, 0.717) is 11.5 Å². The fourth-order valence-electron chi connectivity index (χ4n) is 2.88. The average molecular weight is 279 g/mol. The summed E-state index contributed by atoms with van der Waals surface area (Å²) in [5, 5.41) is 0. The molecule has 0 atom stereocenters. The van der Waals surface area contributed by atoms with Crippen molar-refractivity contribution in [1.82, 2.24) is 0 Å². The number of hydrogen-bond donors (Lipinski definition) is 1. The van der Waals surface area contributed by atoms with Crippen molar-refractivity contribution in [2.45, 2.75) is 51.2 Å². The van der Waals surface area contributed by atoms with Gasteiger partial charge in [0.05, 0.1) is 20.3 Å². The molecule has 4 heteroatoms. The van der Waals surface area contributed by atoms with Gasteiger partial charge in [0.25, 0.3) is 0 Å². The van der Waals surface area contributed by atoms with Crippen molar-refractivity contribution in [2.75, 3.05) is 14.2 Å². The van der Waals surface area contributed by atoms with Crippen LogP contribution in [0.3, 0.4) is 0 Å². The van der Waals surface area contributed by atoms with E-state index in [1.165, 1.54) is 0 Å². The Balaban J connectivity index is 2.46. The van der Waals surface area contributed by atoms with Crippen molar-refractivity contribution < 1.29 is 14.2 Å². The van der Waals surface area contributed by atoms with Gasteiger partial charge in [0.2, 0.25) is 0 Å². The van der Waals surface area contributed by atoms with Crippen LogP contribution in [0.25, 0.3) is 0 Å². The second-order valence-electron chi connectivity index (χ2n) is 5.73. The molecule has 1 saturated carbocycles. The average Bonchev–Trinajstić information content (AvgIpc) is 2.85. The van der Waals surface area contributed by atoms with Crippen LogP contribution in [0.15, 0.2) is 12.1 Å². The molecule has 20 heavy (non-hydrogen) atoms. The first-order valence-corrected chi connectivity index (χ1v) is 7.22. The third kappa shape index (κ3) is 2.85. The van der Waals surface area contributed by atoms with Crippen LogP contribution in [0.5, 0.6) is 17.2 Å². The van der Waals surface area contributed by atoms with E-state index in [0.717, 1.165) is 37.0 Å². The van der Waals surface area contributed by atoms with Crippen molar-refractivity contribution in [3.05, 3.63) is 17.7 Å². The highest BCUT2D eigenvalue weighted by atomic mass is 16.5. The Bertz CT molecular complexity index is 465. The fourth-order valence-corrected chi connectivity index (χ4v) is 2.88. The van der Waals surface area contributed by atoms with Gasteiger partial charge in [0.1, 0.15) is 5.75 Å². The maximum absolute atomic E-state index is 6.56. The lowest BCUT2D eigenvalue weighted by Gasteiger charge is -2.27. The zero-order chi connectivity index (χ0) is 14.8. The smallest absolute Gasteiger partial charge is 0.165 e. The Morgan fingerprint density at radius 1 is 1.00 bits per heavy atom. The second kappa shape index (κ2) is 5.92. The van der Waals surface area contributed by atoms with E-state index in [1.54, 1.807) is 14.2 Å². The summed E-state index contributed by atoms with van der Waals surface area (Å²) in [7, 11) is 3.32. The Kier molecular flexibility index (Phi) is 4.43. The van der Waals surface area contributed by atoms with Crippen molar-refractivity contribution in [3.63, 3.8) is 0 Å². The summed E-state index contributed by atoms with van der Waals surface area (Å²) in [5.41, 5.74) is 7.26. The number of nitrogens with two attached hydrogens (primary N) is 1. The van der Waals surface area contributed by atoms with E-state index in [4.69, 9.17) is 19.9 Å². The zero-order valence-electron chi connectivity index (χ0n) is 12.9. The topological polar surface area (TPSA) is 53.7 Å². The van der Waals surface area contributed by atoms with E-state index in [1.807, 2.05) is 26.0 Å². The first kappa shape index (κ1) is 15.0. The molecule has 0 aliphatic heterocycles. The Morgan fingerprint density at radius 3 is 2.10 bits per heavy atom. The number of benzene rings is 1. The summed E-state index contributed by atoms with van der Waals surface area (Å²) in [4.78, 5) is 0. The van der Waals surface area contributed by atoms with Gasteiger partial charge in [-0.15, -0.1) is 0 Å². The first-order valence-electron chi connectivity index (χ1n) is 7.22. The van der Waals surface area contributed by atoms with E-state index < -0.39 is 0 Å². The number of rotatable bonds is 5. The maximum Gasteiger partial charge on any atom is 0.165 e. The van der Waals surface area contributed by atoms with Gasteiger partial charge in [-0.1, -0.05) is 12.8 Å². The van der Waals surface area contributed by atoms with Crippen LogP contribution in [-0.2, 0) is 5.54 Å². The van der Waals surface area contributed by atoms with Crippen LogP contribution in [-0.4, -0.2) is 20.3 Å². The molecular weight excluding hydrogens is 254 g/mol. The van der Waals surface area contributed by atoms with E-state index in [-0.39, 0.29) is 11.6 Å². The molecule has 0 heterocycles. The molecule has 0 spiro atoms. The summed E-state index contributed by atoms with van der Waals surface area (Å²) < 4.78 is 16.8. The third-order valence-corrected chi connectivity index (χ3v) is 3.88. The number of methoxy groups -OCH3 is 2. The Labute approximate surface area is 121 Å². The van der Waals surface area contributed by atoms with Crippen molar-refractivity contribution in [2.24, 2.45) is 5.73 Å². The molecule has 0 saturated heterocycles. The maximum atomic E-state index is 6.56. The van der Waals surface area contributed by atoms with Gasteiger partial charge in [-0.2, -0.15) is 0 Å². The van der Waals surface area contributed by atoms with Crippen LogP contribution < -0.4 is 19.9 Å². The molecule has 112 valence electrons. The molecule has 0 unspecified atom stereocenters. The minimum Gasteiger partial charge on any atom is -0.496 e. The lowest BCUT2D eigenvalue weighted by atomic mass is 9.88. The molecule has 2 rings (SSSR count). The monoisotopic (exact) mass is 279 g/mol. The van der Waals surface area contributed by atoms with Crippen molar-refractivity contribution in [1.29, 1.82) is 0 Å². The fraction of sp³-hybridized carbons (Fsp3) is 0.625. The van der Waals surface area contributed by atoms with Crippen LogP contribution in [0.1, 0.15) is 45.1 Å². The highest BCUT2D eigenvalue weighted by molar-refractivity contribution is 5.53. The van der Waals surface area contributed by atoms with Gasteiger partial charge in [-0.25, -0.2) is 0 Å². The molecule has 2 N–H and O–H groups in total. The molecule has 1 aliphatic rings. The SMILES string of the molecule is COc1cc(C2(N)CCCC2)c(OC)cc1OC(C)C. The minimum atomic E-state index is -0.311. The summed E-state index contributed by atoms with van der Waals surface area (Å²) in [6, 6.07) is 3.86. The first-order chi connectivity index (χ1) is 9.50. The van der Waals surface area contributed by atoms with E-state index >= 15 is 0 Å². The molecule has 0 amide bonds. The highest BCUT2D eigenvalue weighted by Gasteiger charge is 2.35. The zero-order valence-corrected chi connectivity index (χ0v) is 12.9. The molecule has 0 bridgehead atoms. The van der Waals surface area contributed by atoms with E-state index in [9.17, 15) is 0 Å². The summed E-state index contributed by atoms with van der Waals surface area (Å²) in [6.07, 6.45) is 4.37. The highest BCUT2D eigenvalue weighted by Crippen LogP contribution is 2.45. The molecule has 1 aromatic carbocycles. The summed E-state index contributed by atoms with van der Waals surface area (Å²) >= 11 is 0. The largest absolute Gasteiger partial charge is 0.496 e. The number of ether oxygens (including phenoxy) is 3. The van der Waals surface area contributed by atoms with Crippen molar-refractivity contribution in [3.8, 4) is 17.2 Å². The van der Waals surface area contributed by atoms with Crippen LogP contribution in [0, 0.1) is 0 Å². The Hall–Kier alpha value is -1.42. The molecule has 1 aliphatic carbocycles. The van der Waals surface area contributed by atoms with Gasteiger partial charge in [-0.3, -0.25) is 0 Å². The molecule has 0 radical (unpaired) electrons. The van der Waals surface area contributed by atoms with Crippen LogP contribution >= 0.6 is 0 Å². The van der Waals surface area contributed by atoms with Gasteiger partial charge in [-0.05, 0) is 32.8 Å². The van der Waals surface area contributed by atoms with Gasteiger partial charge in [0.15, 0.2) is 11.5 Å². The predicted octanol–water partition coefficient (Wildman–Crippen LogP) is 3.22. The Morgan fingerprint density at radius 2 is 1.60 bits per heavy atom. The molecule has 1 fully saturated rings. The van der Waals surface area contributed by atoms with E-state index in [2.05, 4.69) is 0 Å². The normalized spacial score (nSPS) is 17.3. The summed E-state index contributed by atoms with van der Waals surface area (Å²) in [6.45, 7) is 3.97. The lowest BCUT2D eigenvalue weighted by Crippen LogP contribution is -2.33. The third-order valence-electron chi connectivity index (χ3n) is 3.88. The van der Waals surface area contributed by atoms with Crippen LogP contribution in [0.4, 0.5) is 0 Å². The second-order valence-corrected chi connectivity index (χ2v) is 5.73. The lowest BCUT2D eigenvalue weighted by molar-refractivity contribution is 0.228.